The molecule has 1 aromatic carbocycles. The van der Waals surface area contributed by atoms with E-state index in [1.165, 1.54) is 4.90 Å². The van der Waals surface area contributed by atoms with Gasteiger partial charge in [-0.25, -0.2) is 9.97 Å². The van der Waals surface area contributed by atoms with Crippen molar-refractivity contribution in [2.75, 3.05) is 24.5 Å². The van der Waals surface area contributed by atoms with Crippen molar-refractivity contribution < 1.29 is 0 Å². The second-order valence-electron chi connectivity index (χ2n) is 7.06. The maximum absolute atomic E-state index is 5.91. The minimum Gasteiger partial charge on any atom is -0.355 e. The largest absolute Gasteiger partial charge is 0.355 e. The maximum atomic E-state index is 5.91. The lowest BCUT2D eigenvalue weighted by molar-refractivity contribution is 0.258. The van der Waals surface area contributed by atoms with Crippen LogP contribution in [0.5, 0.6) is 0 Å². The van der Waals surface area contributed by atoms with Gasteiger partial charge in [0, 0.05) is 18.0 Å². The van der Waals surface area contributed by atoms with Gasteiger partial charge in [0.25, 0.3) is 0 Å². The molecule has 25 heavy (non-hydrogen) atoms. The maximum Gasteiger partial charge on any atom is 0.147 e. The van der Waals surface area contributed by atoms with E-state index < -0.39 is 0 Å². The average Bonchev–Trinajstić information content (AvgIpc) is 3.05. The van der Waals surface area contributed by atoms with Crippen LogP contribution in [0.25, 0.3) is 0 Å². The number of hydrogen-bond acceptors (Lipinski definition) is 6. The average molecular weight is 353 g/mol. The second kappa shape index (κ2) is 6.77. The summed E-state index contributed by atoms with van der Waals surface area (Å²) in [7, 11) is 0. The number of benzene rings is 1. The Balaban J connectivity index is 1.48. The van der Waals surface area contributed by atoms with Gasteiger partial charge < -0.3 is 10.6 Å². The number of aromatic nitrogens is 2. The van der Waals surface area contributed by atoms with Crippen LogP contribution in [0.4, 0.5) is 5.82 Å². The van der Waals surface area contributed by atoms with Crippen molar-refractivity contribution in [3.8, 4) is 0 Å². The van der Waals surface area contributed by atoms with E-state index in [-0.39, 0.29) is 5.41 Å². The first-order chi connectivity index (χ1) is 12.2. The highest BCUT2D eigenvalue weighted by molar-refractivity contribution is 8.14. The van der Waals surface area contributed by atoms with Crippen molar-refractivity contribution in [3.05, 3.63) is 47.9 Å². The van der Waals surface area contributed by atoms with Crippen molar-refractivity contribution in [1.29, 1.82) is 0 Å². The smallest absolute Gasteiger partial charge is 0.147 e. The van der Waals surface area contributed by atoms with Crippen LogP contribution in [0, 0.1) is 5.41 Å². The van der Waals surface area contributed by atoms with E-state index in [2.05, 4.69) is 33.9 Å². The molecule has 2 aliphatic rings. The molecule has 130 valence electrons. The number of piperidine rings is 1. The van der Waals surface area contributed by atoms with Crippen LogP contribution in [0.1, 0.15) is 31.2 Å². The molecule has 0 radical (unpaired) electrons. The summed E-state index contributed by atoms with van der Waals surface area (Å²) in [5.41, 5.74) is 8.10. The third-order valence-corrected chi connectivity index (χ3v) is 6.18. The fourth-order valence-corrected chi connectivity index (χ4v) is 4.15. The quantitative estimate of drug-likeness (QED) is 0.918. The molecule has 0 saturated carbocycles. The van der Waals surface area contributed by atoms with Crippen LogP contribution in [-0.2, 0) is 6.54 Å². The molecule has 0 bridgehead atoms. The molecule has 0 aliphatic carbocycles. The molecule has 3 heterocycles. The Morgan fingerprint density at radius 2 is 1.96 bits per heavy atom. The van der Waals surface area contributed by atoms with Crippen molar-refractivity contribution >= 4 is 22.6 Å². The van der Waals surface area contributed by atoms with E-state index in [1.807, 2.05) is 24.4 Å². The fourth-order valence-electron chi connectivity index (χ4n) is 3.24. The van der Waals surface area contributed by atoms with E-state index >= 15 is 0 Å². The van der Waals surface area contributed by atoms with Gasteiger partial charge in [0.1, 0.15) is 16.6 Å². The summed E-state index contributed by atoms with van der Waals surface area (Å²) in [6.45, 7) is 5.64. The zero-order chi connectivity index (χ0) is 17.3. The summed E-state index contributed by atoms with van der Waals surface area (Å²) in [6, 6.07) is 10.3. The Labute approximate surface area is 152 Å². The molecule has 0 unspecified atom stereocenters. The normalized spacial score (nSPS) is 18.8. The number of fused-ring (bicyclic) bond motifs is 1. The number of nitrogens with two attached hydrogens (primary N) is 1. The minimum atomic E-state index is 0.267. The first kappa shape index (κ1) is 16.5. The number of hydrogen-bond donors (Lipinski definition) is 1. The zero-order valence-corrected chi connectivity index (χ0v) is 15.3. The molecule has 2 N–H and O–H groups in total. The molecule has 0 atom stereocenters. The lowest BCUT2D eigenvalue weighted by atomic mass is 9.80. The summed E-state index contributed by atoms with van der Waals surface area (Å²) in [5, 5.41) is 0.967. The molecular formula is C19H23N5S. The highest BCUT2D eigenvalue weighted by Gasteiger charge is 2.30. The second-order valence-corrected chi connectivity index (χ2v) is 8.12. The number of aliphatic imine (C=N–C) groups is 1. The van der Waals surface area contributed by atoms with Gasteiger partial charge >= 0.3 is 0 Å². The van der Waals surface area contributed by atoms with Gasteiger partial charge in [0.05, 0.1) is 18.4 Å². The Bertz CT molecular complexity index is 782. The van der Waals surface area contributed by atoms with Crippen molar-refractivity contribution in [3.63, 3.8) is 0 Å². The highest BCUT2D eigenvalue weighted by atomic mass is 32.2. The highest BCUT2D eigenvalue weighted by Crippen LogP contribution is 2.33. The van der Waals surface area contributed by atoms with Gasteiger partial charge in [-0.2, -0.15) is 0 Å². The van der Waals surface area contributed by atoms with Crippen LogP contribution in [0.3, 0.4) is 0 Å². The molecule has 4 rings (SSSR count). The van der Waals surface area contributed by atoms with Crippen LogP contribution >= 0.6 is 11.8 Å². The number of rotatable bonds is 3. The predicted molar refractivity (Wildman–Crippen MR) is 103 cm³/mol. The van der Waals surface area contributed by atoms with Gasteiger partial charge in [-0.15, -0.1) is 0 Å². The van der Waals surface area contributed by atoms with Crippen LogP contribution < -0.4 is 10.6 Å². The Morgan fingerprint density at radius 1 is 1.20 bits per heavy atom. The molecule has 1 aromatic heterocycles. The first-order valence-corrected chi connectivity index (χ1v) is 9.57. The lowest BCUT2D eigenvalue weighted by Gasteiger charge is -2.39. The van der Waals surface area contributed by atoms with Crippen molar-refractivity contribution in [2.24, 2.45) is 16.1 Å². The van der Waals surface area contributed by atoms with Crippen molar-refractivity contribution in [1.82, 2.24) is 9.97 Å². The van der Waals surface area contributed by atoms with Gasteiger partial charge in [-0.05, 0) is 36.9 Å². The van der Waals surface area contributed by atoms with Gasteiger partial charge in [-0.3, -0.25) is 4.99 Å². The van der Waals surface area contributed by atoms with E-state index in [0.29, 0.717) is 6.54 Å². The van der Waals surface area contributed by atoms with Crippen LogP contribution in [0.2, 0.25) is 0 Å². The standard InChI is InChI=1S/C19H23N5S/c1-19(13-20)7-9-24(10-8-19)16-12-21-17-15(23-16)11-22-18(17)25-14-5-3-2-4-6-14/h2-6,12H,7-11,13,20H2,1H3. The Kier molecular flexibility index (Phi) is 4.48. The van der Waals surface area contributed by atoms with E-state index in [4.69, 9.17) is 10.7 Å². The molecular weight excluding hydrogens is 330 g/mol. The summed E-state index contributed by atoms with van der Waals surface area (Å²) in [5.74, 6) is 0.971. The molecule has 1 saturated heterocycles. The lowest BCUT2D eigenvalue weighted by Crippen LogP contribution is -2.42. The third-order valence-electron chi connectivity index (χ3n) is 5.15. The van der Waals surface area contributed by atoms with Gasteiger partial charge in [0.15, 0.2) is 0 Å². The van der Waals surface area contributed by atoms with Crippen LogP contribution in [0.15, 0.2) is 46.4 Å². The molecule has 0 amide bonds. The molecule has 1 fully saturated rings. The summed E-state index contributed by atoms with van der Waals surface area (Å²) >= 11 is 1.66. The minimum absolute atomic E-state index is 0.267. The van der Waals surface area contributed by atoms with Gasteiger partial charge in [-0.1, -0.05) is 36.9 Å². The van der Waals surface area contributed by atoms with Crippen LogP contribution in [-0.4, -0.2) is 34.6 Å². The number of anilines is 1. The summed E-state index contributed by atoms with van der Waals surface area (Å²) < 4.78 is 0. The third kappa shape index (κ3) is 3.41. The Hall–Kier alpha value is -1.92. The fraction of sp³-hybridized carbons (Fsp3) is 0.421. The zero-order valence-electron chi connectivity index (χ0n) is 14.5. The molecule has 2 aliphatic heterocycles. The molecule has 0 spiro atoms. The number of nitrogens with zero attached hydrogens (tertiary/aromatic N) is 4. The first-order valence-electron chi connectivity index (χ1n) is 8.75. The van der Waals surface area contributed by atoms with E-state index in [1.54, 1.807) is 11.8 Å². The summed E-state index contributed by atoms with van der Waals surface area (Å²) in [4.78, 5) is 17.7. The van der Waals surface area contributed by atoms with Crippen molar-refractivity contribution in [2.45, 2.75) is 31.2 Å². The number of thioether (sulfide) groups is 1. The Morgan fingerprint density at radius 3 is 2.68 bits per heavy atom. The molecule has 6 heteroatoms. The van der Waals surface area contributed by atoms with E-state index in [9.17, 15) is 0 Å². The monoisotopic (exact) mass is 353 g/mol. The van der Waals surface area contributed by atoms with Gasteiger partial charge in [0.2, 0.25) is 0 Å². The predicted octanol–water partition coefficient (Wildman–Crippen LogP) is 3.09. The topological polar surface area (TPSA) is 67.4 Å². The molecule has 2 aromatic rings. The van der Waals surface area contributed by atoms with E-state index in [0.717, 1.165) is 54.7 Å². The SMILES string of the molecule is CC1(CN)CCN(c2cnc3c(n2)CN=C3Sc2ccccc2)CC1. The molecule has 5 nitrogen and oxygen atoms in total. The summed E-state index contributed by atoms with van der Waals surface area (Å²) in [6.07, 6.45) is 4.11.